The van der Waals surface area contributed by atoms with Crippen molar-refractivity contribution in [3.8, 4) is 0 Å². The molecule has 0 bridgehead atoms. The average Bonchev–Trinajstić information content (AvgIpc) is 3.18. The number of H-pyrrole nitrogens is 1. The number of carbonyl (C=O) groups excluding carboxylic acids is 3. The van der Waals surface area contributed by atoms with E-state index in [1.165, 1.54) is 4.90 Å². The Morgan fingerprint density at radius 2 is 1.83 bits per heavy atom. The third-order valence-electron chi connectivity index (χ3n) is 5.17. The number of sulfone groups is 1. The normalized spacial score (nSPS) is 17.5. The Bertz CT molecular complexity index is 905. The van der Waals surface area contributed by atoms with E-state index in [2.05, 4.69) is 4.98 Å². The van der Waals surface area contributed by atoms with Crippen molar-refractivity contribution in [2.75, 3.05) is 31.3 Å². The van der Waals surface area contributed by atoms with Gasteiger partial charge in [0.1, 0.15) is 5.69 Å². The van der Waals surface area contributed by atoms with Crippen LogP contribution < -0.4 is 0 Å². The standard InChI is InChI=1S/C20H30N2O7S/c1-5-7-9-22(15-8-10-30(26,27)12-15)16(23)11-29-19(24)17-13(3)18(21-14(17)4)20(25)28-6-2/h15,21H,5-12H2,1-4H3. The maximum Gasteiger partial charge on any atom is 0.355 e. The van der Waals surface area contributed by atoms with Gasteiger partial charge >= 0.3 is 11.9 Å². The van der Waals surface area contributed by atoms with E-state index < -0.39 is 34.3 Å². The second-order valence-corrected chi connectivity index (χ2v) is 9.65. The van der Waals surface area contributed by atoms with E-state index in [1.54, 1.807) is 20.8 Å². The van der Waals surface area contributed by atoms with Gasteiger partial charge in [0.2, 0.25) is 0 Å². The number of rotatable bonds is 9. The Morgan fingerprint density at radius 1 is 1.13 bits per heavy atom. The van der Waals surface area contributed by atoms with Crippen molar-refractivity contribution in [3.05, 3.63) is 22.5 Å². The van der Waals surface area contributed by atoms with E-state index in [0.717, 1.165) is 12.8 Å². The third kappa shape index (κ3) is 5.62. The molecule has 1 aliphatic rings. The fourth-order valence-corrected chi connectivity index (χ4v) is 5.34. The molecule has 1 aromatic heterocycles. The molecule has 1 amide bonds. The van der Waals surface area contributed by atoms with Crippen molar-refractivity contribution in [2.45, 2.75) is 53.0 Å². The van der Waals surface area contributed by atoms with Crippen LogP contribution in [0.4, 0.5) is 0 Å². The molecule has 2 rings (SSSR count). The number of aromatic amines is 1. The van der Waals surface area contributed by atoms with Crippen LogP contribution in [0.1, 0.15) is 65.2 Å². The van der Waals surface area contributed by atoms with Crippen LogP contribution in [0.15, 0.2) is 0 Å². The first kappa shape index (κ1) is 23.9. The van der Waals surface area contributed by atoms with Crippen molar-refractivity contribution < 1.29 is 32.3 Å². The van der Waals surface area contributed by atoms with Gasteiger partial charge in [0.25, 0.3) is 5.91 Å². The summed E-state index contributed by atoms with van der Waals surface area (Å²) in [6.07, 6.45) is 1.97. The number of hydrogen-bond acceptors (Lipinski definition) is 7. The molecule has 0 saturated carbocycles. The molecule has 1 N–H and O–H groups in total. The van der Waals surface area contributed by atoms with Crippen LogP contribution in [-0.2, 0) is 24.1 Å². The van der Waals surface area contributed by atoms with E-state index in [9.17, 15) is 22.8 Å². The summed E-state index contributed by atoms with van der Waals surface area (Å²) in [5.41, 5.74) is 1.20. The summed E-state index contributed by atoms with van der Waals surface area (Å²) in [7, 11) is -3.14. The molecule has 0 aromatic carbocycles. The van der Waals surface area contributed by atoms with E-state index in [4.69, 9.17) is 9.47 Å². The highest BCUT2D eigenvalue weighted by Gasteiger charge is 2.35. The largest absolute Gasteiger partial charge is 0.461 e. The lowest BCUT2D eigenvalue weighted by atomic mass is 10.1. The molecule has 0 spiro atoms. The van der Waals surface area contributed by atoms with Crippen molar-refractivity contribution in [2.24, 2.45) is 0 Å². The molecule has 0 radical (unpaired) electrons. The molecule has 9 nitrogen and oxygen atoms in total. The highest BCUT2D eigenvalue weighted by molar-refractivity contribution is 7.91. The number of aryl methyl sites for hydroxylation is 1. The number of amides is 1. The smallest absolute Gasteiger partial charge is 0.355 e. The van der Waals surface area contributed by atoms with Crippen LogP contribution in [0.5, 0.6) is 0 Å². The predicted octanol–water partition coefficient (Wildman–Crippen LogP) is 1.78. The molecule has 0 aliphatic carbocycles. The van der Waals surface area contributed by atoms with E-state index in [0.29, 0.717) is 24.2 Å². The zero-order chi connectivity index (χ0) is 22.5. The molecule has 1 atom stereocenters. The fraction of sp³-hybridized carbons (Fsp3) is 0.650. The first-order valence-electron chi connectivity index (χ1n) is 10.1. The maximum absolute atomic E-state index is 12.7. The van der Waals surface area contributed by atoms with Gasteiger partial charge in [-0.3, -0.25) is 4.79 Å². The number of hydrogen-bond donors (Lipinski definition) is 1. The summed E-state index contributed by atoms with van der Waals surface area (Å²) in [6, 6.07) is -0.390. The number of esters is 2. The molecule has 1 unspecified atom stereocenters. The first-order chi connectivity index (χ1) is 14.1. The monoisotopic (exact) mass is 442 g/mol. The molecule has 1 saturated heterocycles. The maximum atomic E-state index is 12.7. The number of nitrogens with zero attached hydrogens (tertiary/aromatic N) is 1. The van der Waals surface area contributed by atoms with Crippen molar-refractivity contribution in [3.63, 3.8) is 0 Å². The topological polar surface area (TPSA) is 123 Å². The summed E-state index contributed by atoms with van der Waals surface area (Å²) in [4.78, 5) is 41.7. The Kier molecular flexibility index (Phi) is 8.05. The van der Waals surface area contributed by atoms with Crippen molar-refractivity contribution in [1.29, 1.82) is 0 Å². The van der Waals surface area contributed by atoms with E-state index in [-0.39, 0.29) is 35.4 Å². The summed E-state index contributed by atoms with van der Waals surface area (Å²) < 4.78 is 33.8. The Morgan fingerprint density at radius 3 is 2.40 bits per heavy atom. The highest BCUT2D eigenvalue weighted by Crippen LogP contribution is 2.21. The lowest BCUT2D eigenvalue weighted by Crippen LogP contribution is -2.43. The average molecular weight is 443 g/mol. The zero-order valence-electron chi connectivity index (χ0n) is 17.9. The second-order valence-electron chi connectivity index (χ2n) is 7.42. The Balaban J connectivity index is 2.08. The van der Waals surface area contributed by atoms with Gasteiger partial charge in [-0.05, 0) is 39.2 Å². The van der Waals surface area contributed by atoms with E-state index in [1.807, 2.05) is 6.92 Å². The number of ether oxygens (including phenoxy) is 2. The summed E-state index contributed by atoms with van der Waals surface area (Å²) in [5, 5.41) is 0. The molecule has 10 heteroatoms. The first-order valence-corrected chi connectivity index (χ1v) is 12.0. The summed E-state index contributed by atoms with van der Waals surface area (Å²) >= 11 is 0. The molecule has 1 aromatic rings. The van der Waals surface area contributed by atoms with Crippen LogP contribution in [0.2, 0.25) is 0 Å². The van der Waals surface area contributed by atoms with Gasteiger partial charge in [0, 0.05) is 18.3 Å². The number of nitrogens with one attached hydrogen (secondary N) is 1. The van der Waals surface area contributed by atoms with Crippen LogP contribution >= 0.6 is 0 Å². The zero-order valence-corrected chi connectivity index (χ0v) is 18.8. The van der Waals surface area contributed by atoms with Crippen LogP contribution in [0.25, 0.3) is 0 Å². The Labute approximate surface area is 177 Å². The van der Waals surface area contributed by atoms with Crippen LogP contribution in [-0.4, -0.2) is 73.5 Å². The van der Waals surface area contributed by atoms with Crippen LogP contribution in [0, 0.1) is 13.8 Å². The lowest BCUT2D eigenvalue weighted by molar-refractivity contribution is -0.136. The van der Waals surface area contributed by atoms with E-state index >= 15 is 0 Å². The third-order valence-corrected chi connectivity index (χ3v) is 6.92. The number of aromatic nitrogens is 1. The quantitative estimate of drug-likeness (QED) is 0.578. The van der Waals surface area contributed by atoms with Gasteiger partial charge in [0.15, 0.2) is 16.4 Å². The van der Waals surface area contributed by atoms with Crippen LogP contribution in [0.3, 0.4) is 0 Å². The SMILES string of the molecule is CCCCN(C(=O)COC(=O)c1c(C)[nH]c(C(=O)OCC)c1C)C1CCS(=O)(=O)C1. The summed E-state index contributed by atoms with van der Waals surface area (Å²) in [5.74, 6) is -1.71. The molecule has 168 valence electrons. The molecule has 1 fully saturated rings. The number of unbranched alkanes of at least 4 members (excludes halogenated alkanes) is 1. The molecule has 30 heavy (non-hydrogen) atoms. The number of carbonyl (C=O) groups is 3. The lowest BCUT2D eigenvalue weighted by Gasteiger charge is -2.28. The highest BCUT2D eigenvalue weighted by atomic mass is 32.2. The fourth-order valence-electron chi connectivity index (χ4n) is 3.61. The minimum atomic E-state index is -3.14. The van der Waals surface area contributed by atoms with Gasteiger partial charge < -0.3 is 19.4 Å². The molecule has 2 heterocycles. The Hall–Kier alpha value is -2.36. The second kappa shape index (κ2) is 10.1. The van der Waals surface area contributed by atoms with Gasteiger partial charge in [0.05, 0.1) is 23.7 Å². The van der Waals surface area contributed by atoms with Gasteiger partial charge in [-0.15, -0.1) is 0 Å². The molecular formula is C20H30N2O7S. The van der Waals surface area contributed by atoms with Gasteiger partial charge in [-0.2, -0.15) is 0 Å². The molecular weight excluding hydrogens is 412 g/mol. The summed E-state index contributed by atoms with van der Waals surface area (Å²) in [6.45, 7) is 7.03. The van der Waals surface area contributed by atoms with Crippen molar-refractivity contribution in [1.82, 2.24) is 9.88 Å². The molecule has 1 aliphatic heterocycles. The van der Waals surface area contributed by atoms with Gasteiger partial charge in [-0.25, -0.2) is 18.0 Å². The van der Waals surface area contributed by atoms with Gasteiger partial charge in [-0.1, -0.05) is 13.3 Å². The minimum Gasteiger partial charge on any atom is -0.461 e. The predicted molar refractivity (Wildman–Crippen MR) is 110 cm³/mol. The van der Waals surface area contributed by atoms with Crippen molar-refractivity contribution >= 4 is 27.7 Å². The minimum absolute atomic E-state index is 0.0602.